The monoisotopic (exact) mass is 423 g/mol. The van der Waals surface area contributed by atoms with Crippen molar-refractivity contribution in [3.8, 4) is 5.69 Å². The fourth-order valence-corrected chi connectivity index (χ4v) is 3.52. The second kappa shape index (κ2) is 9.46. The molecule has 2 heterocycles. The molecule has 0 aliphatic rings. The van der Waals surface area contributed by atoms with E-state index in [-0.39, 0.29) is 11.7 Å². The van der Waals surface area contributed by atoms with Crippen molar-refractivity contribution in [1.82, 2.24) is 14.3 Å². The molecule has 4 nitrogen and oxygen atoms in total. The Kier molecular flexibility index (Phi) is 7.42. The Morgan fingerprint density at radius 3 is 2.19 bits per heavy atom. The summed E-state index contributed by atoms with van der Waals surface area (Å²) in [5.74, 6) is -0.313. The fraction of sp³-hybridized carbons (Fsp3) is 0.385. The van der Waals surface area contributed by atoms with Crippen LogP contribution in [-0.4, -0.2) is 20.3 Å². The predicted octanol–water partition coefficient (Wildman–Crippen LogP) is 7.47. The van der Waals surface area contributed by atoms with Crippen LogP contribution in [0.3, 0.4) is 0 Å². The number of nitrogens with zero attached hydrogens (tertiary/aromatic N) is 3. The molecule has 2 aromatic carbocycles. The molecule has 0 aliphatic carbocycles. The normalized spacial score (nSPS) is 11.0. The number of fused-ring (bicyclic) bond motifs is 2. The largest absolute Gasteiger partial charge is 0.313 e. The smallest absolute Gasteiger partial charge is 0.252 e. The summed E-state index contributed by atoms with van der Waals surface area (Å²) >= 11 is 0. The van der Waals surface area contributed by atoms with E-state index in [9.17, 15) is 9.18 Å². The van der Waals surface area contributed by atoms with E-state index in [2.05, 4.69) is 9.67 Å². The van der Waals surface area contributed by atoms with Crippen LogP contribution in [0.2, 0.25) is 0 Å². The van der Waals surface area contributed by atoms with Crippen molar-refractivity contribution in [2.45, 2.75) is 62.3 Å². The molecule has 0 amide bonds. The van der Waals surface area contributed by atoms with Gasteiger partial charge in [-0.2, -0.15) is 9.78 Å². The lowest BCUT2D eigenvalue weighted by atomic mass is 9.96. The number of carbonyl (C=O) groups is 1. The highest BCUT2D eigenvalue weighted by atomic mass is 19.1. The Morgan fingerprint density at radius 1 is 0.968 bits per heavy atom. The molecule has 5 heteroatoms. The summed E-state index contributed by atoms with van der Waals surface area (Å²) in [5.41, 5.74) is 4.18. The first-order valence-corrected chi connectivity index (χ1v) is 11.0. The maximum Gasteiger partial charge on any atom is 0.252 e. The first-order valence-electron chi connectivity index (χ1n) is 11.0. The van der Waals surface area contributed by atoms with Gasteiger partial charge in [-0.25, -0.2) is 4.39 Å². The Bertz CT molecular complexity index is 1210. The van der Waals surface area contributed by atoms with E-state index < -0.39 is 5.41 Å². The van der Waals surface area contributed by atoms with Gasteiger partial charge in [0.2, 0.25) is 0 Å². The van der Waals surface area contributed by atoms with E-state index in [4.69, 9.17) is 0 Å². The summed E-state index contributed by atoms with van der Waals surface area (Å²) in [7, 11) is 0. The molecule has 0 N–H and O–H groups in total. The van der Waals surface area contributed by atoms with E-state index in [1.807, 2.05) is 80.5 Å². The molecule has 4 rings (SSSR count). The SMILES string of the molecule is CC.CC.Cc1c(C)n(-c2cccc(F)c2)c2cc3cnn(C(=O)C(C)(C)C)c3cc12. The molecule has 0 bridgehead atoms. The van der Waals surface area contributed by atoms with Gasteiger partial charge in [-0.1, -0.05) is 54.5 Å². The van der Waals surface area contributed by atoms with Crippen LogP contribution < -0.4 is 0 Å². The third kappa shape index (κ3) is 4.41. The summed E-state index contributed by atoms with van der Waals surface area (Å²) in [4.78, 5) is 12.7. The van der Waals surface area contributed by atoms with Crippen molar-refractivity contribution in [2.75, 3.05) is 0 Å². The van der Waals surface area contributed by atoms with Crippen LogP contribution >= 0.6 is 0 Å². The fourth-order valence-electron chi connectivity index (χ4n) is 3.52. The molecule has 31 heavy (non-hydrogen) atoms. The average molecular weight is 424 g/mol. The van der Waals surface area contributed by atoms with E-state index >= 15 is 0 Å². The topological polar surface area (TPSA) is 39.8 Å². The Hall–Kier alpha value is -2.95. The zero-order valence-corrected chi connectivity index (χ0v) is 20.2. The summed E-state index contributed by atoms with van der Waals surface area (Å²) in [6, 6.07) is 10.6. The lowest BCUT2D eigenvalue weighted by Crippen LogP contribution is -2.27. The number of aromatic nitrogens is 3. The molecule has 0 radical (unpaired) electrons. The van der Waals surface area contributed by atoms with Gasteiger partial charge in [0.15, 0.2) is 0 Å². The highest BCUT2D eigenvalue weighted by molar-refractivity contribution is 6.02. The van der Waals surface area contributed by atoms with Gasteiger partial charge in [0.1, 0.15) is 5.82 Å². The number of benzene rings is 2. The summed E-state index contributed by atoms with van der Waals surface area (Å²) in [6.45, 7) is 17.7. The second-order valence-electron chi connectivity index (χ2n) is 8.07. The molecular weight excluding hydrogens is 389 g/mol. The summed E-state index contributed by atoms with van der Waals surface area (Å²) in [6.07, 6.45) is 1.71. The molecule has 4 aromatic rings. The predicted molar refractivity (Wildman–Crippen MR) is 129 cm³/mol. The van der Waals surface area contributed by atoms with Crippen molar-refractivity contribution >= 4 is 27.7 Å². The maximum absolute atomic E-state index is 13.8. The molecule has 0 atom stereocenters. The molecule has 0 aliphatic heterocycles. The van der Waals surface area contributed by atoms with Crippen LogP contribution in [0.5, 0.6) is 0 Å². The van der Waals surface area contributed by atoms with Gasteiger partial charge in [-0.15, -0.1) is 0 Å². The van der Waals surface area contributed by atoms with E-state index in [0.29, 0.717) is 0 Å². The van der Waals surface area contributed by atoms with Gasteiger partial charge in [0, 0.05) is 27.6 Å². The minimum Gasteiger partial charge on any atom is -0.313 e. The van der Waals surface area contributed by atoms with Crippen molar-refractivity contribution < 1.29 is 9.18 Å². The van der Waals surface area contributed by atoms with Crippen molar-refractivity contribution in [3.63, 3.8) is 0 Å². The molecule has 2 aromatic heterocycles. The summed E-state index contributed by atoms with van der Waals surface area (Å²) in [5, 5.41) is 6.25. The number of rotatable bonds is 1. The van der Waals surface area contributed by atoms with Crippen molar-refractivity contribution in [2.24, 2.45) is 5.41 Å². The zero-order valence-electron chi connectivity index (χ0n) is 20.2. The molecule has 0 spiro atoms. The Labute approximate surface area is 184 Å². The van der Waals surface area contributed by atoms with Crippen LogP contribution in [0.4, 0.5) is 4.39 Å². The summed E-state index contributed by atoms with van der Waals surface area (Å²) < 4.78 is 17.3. The highest BCUT2D eigenvalue weighted by Gasteiger charge is 2.26. The molecule has 0 unspecified atom stereocenters. The van der Waals surface area contributed by atoms with Gasteiger partial charge in [0.05, 0.1) is 17.2 Å². The molecule has 0 fully saturated rings. The average Bonchev–Trinajstić information content (AvgIpc) is 3.27. The van der Waals surface area contributed by atoms with Crippen LogP contribution in [-0.2, 0) is 0 Å². The van der Waals surface area contributed by atoms with Crippen molar-refractivity contribution in [1.29, 1.82) is 0 Å². The van der Waals surface area contributed by atoms with Gasteiger partial charge in [0.25, 0.3) is 5.91 Å². The first-order chi connectivity index (χ1) is 14.7. The minimum atomic E-state index is -0.521. The van der Waals surface area contributed by atoms with Crippen molar-refractivity contribution in [3.05, 3.63) is 59.7 Å². The van der Waals surface area contributed by atoms with Gasteiger partial charge >= 0.3 is 0 Å². The quantitative estimate of drug-likeness (QED) is 0.318. The van der Waals surface area contributed by atoms with Gasteiger partial charge < -0.3 is 4.57 Å². The standard InChI is InChI=1S/C22H22FN3O.2C2H6/c1-13-14(2)25(17-8-6-7-16(23)10-17)20-9-15-12-24-26(19(15)11-18(13)20)21(27)22(3,4)5;2*1-2/h6-12H,1-5H3;2*1-2H3. The first kappa shape index (κ1) is 24.3. The number of hydrogen-bond acceptors (Lipinski definition) is 2. The second-order valence-corrected chi connectivity index (χ2v) is 8.07. The maximum atomic E-state index is 13.8. The highest BCUT2D eigenvalue weighted by Crippen LogP contribution is 2.33. The van der Waals surface area contributed by atoms with E-state index in [1.165, 1.54) is 16.8 Å². The lowest BCUT2D eigenvalue weighted by Gasteiger charge is -2.16. The minimum absolute atomic E-state index is 0.0456. The van der Waals surface area contributed by atoms with Gasteiger partial charge in [-0.3, -0.25) is 4.79 Å². The number of aryl methyl sites for hydroxylation is 1. The Balaban J connectivity index is 0.000000807. The van der Waals surface area contributed by atoms with E-state index in [0.717, 1.165) is 38.8 Å². The van der Waals surface area contributed by atoms with Crippen LogP contribution in [0, 0.1) is 25.1 Å². The number of halogens is 1. The molecule has 0 saturated carbocycles. The third-order valence-electron chi connectivity index (χ3n) is 5.11. The zero-order chi connectivity index (χ0) is 23.5. The van der Waals surface area contributed by atoms with Gasteiger partial charge in [-0.05, 0) is 49.7 Å². The van der Waals surface area contributed by atoms with Crippen LogP contribution in [0.1, 0.15) is 64.5 Å². The molecular formula is C26H34FN3O. The Morgan fingerprint density at radius 2 is 1.61 bits per heavy atom. The molecule has 166 valence electrons. The lowest BCUT2D eigenvalue weighted by molar-refractivity contribution is 0.0755. The third-order valence-corrected chi connectivity index (χ3v) is 5.11. The van der Waals surface area contributed by atoms with E-state index in [1.54, 1.807) is 12.3 Å². The number of carbonyl (C=O) groups excluding carboxylic acids is 1. The number of hydrogen-bond donors (Lipinski definition) is 0. The van der Waals surface area contributed by atoms with Crippen LogP contribution in [0.25, 0.3) is 27.5 Å². The van der Waals surface area contributed by atoms with Crippen LogP contribution in [0.15, 0.2) is 42.6 Å². The molecule has 0 saturated heterocycles.